The SMILES string of the molecule is CC(C)(C)NC(N)=NCCCN1CCc2ccccc2C1.I. The molecule has 22 heavy (non-hydrogen) atoms. The lowest BCUT2D eigenvalue weighted by atomic mass is 10.00. The highest BCUT2D eigenvalue weighted by molar-refractivity contribution is 14.0. The number of nitrogens with one attached hydrogen (secondary N) is 1. The molecule has 1 aromatic carbocycles. The van der Waals surface area contributed by atoms with Gasteiger partial charge in [0.05, 0.1) is 0 Å². The Morgan fingerprint density at radius 1 is 1.27 bits per heavy atom. The first kappa shape index (κ1) is 19.2. The summed E-state index contributed by atoms with van der Waals surface area (Å²) in [6.07, 6.45) is 2.21. The molecular weight excluding hydrogens is 387 g/mol. The minimum Gasteiger partial charge on any atom is -0.370 e. The molecule has 124 valence electrons. The fraction of sp³-hybridized carbons (Fsp3) is 0.588. The topological polar surface area (TPSA) is 53.6 Å². The summed E-state index contributed by atoms with van der Waals surface area (Å²) in [4.78, 5) is 6.90. The average Bonchev–Trinajstić information content (AvgIpc) is 2.41. The molecule has 0 atom stereocenters. The summed E-state index contributed by atoms with van der Waals surface area (Å²) < 4.78 is 0. The number of rotatable bonds is 4. The molecule has 1 aromatic rings. The number of halogens is 1. The maximum atomic E-state index is 5.87. The summed E-state index contributed by atoms with van der Waals surface area (Å²) in [6, 6.07) is 8.75. The Morgan fingerprint density at radius 2 is 1.95 bits per heavy atom. The first-order valence-electron chi connectivity index (χ1n) is 7.81. The second-order valence-corrected chi connectivity index (χ2v) is 6.79. The zero-order chi connectivity index (χ0) is 15.3. The first-order valence-corrected chi connectivity index (χ1v) is 7.81. The maximum absolute atomic E-state index is 5.87. The summed E-state index contributed by atoms with van der Waals surface area (Å²) in [5.74, 6) is 0.548. The van der Waals surface area contributed by atoms with E-state index in [1.54, 1.807) is 0 Å². The van der Waals surface area contributed by atoms with Crippen LogP contribution in [0.1, 0.15) is 38.3 Å². The molecule has 0 unspecified atom stereocenters. The lowest BCUT2D eigenvalue weighted by Crippen LogP contribution is -2.45. The average molecular weight is 416 g/mol. The van der Waals surface area contributed by atoms with Gasteiger partial charge in [0, 0.05) is 31.7 Å². The molecule has 0 radical (unpaired) electrons. The Hall–Kier alpha value is -0.820. The van der Waals surface area contributed by atoms with E-state index in [2.05, 4.69) is 60.2 Å². The summed E-state index contributed by atoms with van der Waals surface area (Å²) in [5, 5.41) is 3.18. The van der Waals surface area contributed by atoms with Gasteiger partial charge in [-0.25, -0.2) is 0 Å². The summed E-state index contributed by atoms with van der Waals surface area (Å²) in [7, 11) is 0. The van der Waals surface area contributed by atoms with Crippen LogP contribution in [0, 0.1) is 0 Å². The summed E-state index contributed by atoms with van der Waals surface area (Å²) in [6.45, 7) is 10.3. The van der Waals surface area contributed by atoms with Gasteiger partial charge in [-0.05, 0) is 44.7 Å². The number of fused-ring (bicyclic) bond motifs is 1. The van der Waals surface area contributed by atoms with Crippen LogP contribution in [0.15, 0.2) is 29.3 Å². The zero-order valence-corrected chi connectivity index (χ0v) is 16.3. The van der Waals surface area contributed by atoms with Crippen molar-refractivity contribution >= 4 is 29.9 Å². The molecule has 4 nitrogen and oxygen atoms in total. The monoisotopic (exact) mass is 416 g/mol. The molecular formula is C17H29IN4. The Bertz CT molecular complexity index is 494. The lowest BCUT2D eigenvalue weighted by Gasteiger charge is -2.28. The van der Waals surface area contributed by atoms with Gasteiger partial charge < -0.3 is 11.1 Å². The third-order valence-corrected chi connectivity index (χ3v) is 3.63. The molecule has 5 heteroatoms. The molecule has 3 N–H and O–H groups in total. The van der Waals surface area contributed by atoms with Crippen LogP contribution in [0.5, 0.6) is 0 Å². The van der Waals surface area contributed by atoms with Crippen molar-refractivity contribution in [3.8, 4) is 0 Å². The Morgan fingerprint density at radius 3 is 2.64 bits per heavy atom. The quantitative estimate of drug-likeness (QED) is 0.344. The highest BCUT2D eigenvalue weighted by atomic mass is 127. The molecule has 1 heterocycles. The fourth-order valence-corrected chi connectivity index (χ4v) is 2.66. The maximum Gasteiger partial charge on any atom is 0.188 e. The minimum absolute atomic E-state index is 0. The fourth-order valence-electron chi connectivity index (χ4n) is 2.66. The van der Waals surface area contributed by atoms with Gasteiger partial charge in [0.1, 0.15) is 0 Å². The van der Waals surface area contributed by atoms with E-state index in [9.17, 15) is 0 Å². The van der Waals surface area contributed by atoms with Crippen molar-refractivity contribution in [2.75, 3.05) is 19.6 Å². The Kier molecular flexibility index (Phi) is 7.62. The van der Waals surface area contributed by atoms with Crippen LogP contribution in [0.2, 0.25) is 0 Å². The van der Waals surface area contributed by atoms with Crippen molar-refractivity contribution in [3.05, 3.63) is 35.4 Å². The largest absolute Gasteiger partial charge is 0.370 e. The van der Waals surface area contributed by atoms with E-state index in [1.807, 2.05) is 0 Å². The van der Waals surface area contributed by atoms with E-state index in [0.717, 1.165) is 39.0 Å². The summed E-state index contributed by atoms with van der Waals surface area (Å²) in [5.41, 5.74) is 8.82. The minimum atomic E-state index is -0.0236. The molecule has 0 amide bonds. The smallest absolute Gasteiger partial charge is 0.188 e. The van der Waals surface area contributed by atoms with Crippen molar-refractivity contribution < 1.29 is 0 Å². The predicted molar refractivity (Wildman–Crippen MR) is 105 cm³/mol. The third-order valence-electron chi connectivity index (χ3n) is 3.63. The van der Waals surface area contributed by atoms with E-state index in [1.165, 1.54) is 11.1 Å². The van der Waals surface area contributed by atoms with Gasteiger partial charge in [-0.1, -0.05) is 24.3 Å². The molecule has 0 saturated heterocycles. The number of aliphatic imine (C=N–C) groups is 1. The van der Waals surface area contributed by atoms with Crippen LogP contribution in [0.25, 0.3) is 0 Å². The molecule has 0 fully saturated rings. The van der Waals surface area contributed by atoms with Crippen molar-refractivity contribution in [1.29, 1.82) is 0 Å². The normalized spacial score (nSPS) is 15.9. The third kappa shape index (κ3) is 6.52. The van der Waals surface area contributed by atoms with Crippen molar-refractivity contribution in [2.45, 2.75) is 45.7 Å². The van der Waals surface area contributed by atoms with Crippen LogP contribution in [0.3, 0.4) is 0 Å². The summed E-state index contributed by atoms with van der Waals surface area (Å²) >= 11 is 0. The van der Waals surface area contributed by atoms with Gasteiger partial charge in [0.15, 0.2) is 5.96 Å². The van der Waals surface area contributed by atoms with Crippen LogP contribution < -0.4 is 11.1 Å². The number of hydrogen-bond donors (Lipinski definition) is 2. The van der Waals surface area contributed by atoms with E-state index >= 15 is 0 Å². The second kappa shape index (κ2) is 8.72. The van der Waals surface area contributed by atoms with Crippen LogP contribution >= 0.6 is 24.0 Å². The molecule has 1 aliphatic rings. The second-order valence-electron chi connectivity index (χ2n) is 6.79. The van der Waals surface area contributed by atoms with Crippen molar-refractivity contribution in [3.63, 3.8) is 0 Å². The van der Waals surface area contributed by atoms with Gasteiger partial charge in [-0.15, -0.1) is 24.0 Å². The number of benzene rings is 1. The van der Waals surface area contributed by atoms with Gasteiger partial charge in [0.25, 0.3) is 0 Å². The number of nitrogens with two attached hydrogens (primary N) is 1. The Labute approximate surface area is 151 Å². The van der Waals surface area contributed by atoms with E-state index in [4.69, 9.17) is 5.73 Å². The molecule has 0 aromatic heterocycles. The molecule has 2 rings (SSSR count). The highest BCUT2D eigenvalue weighted by Gasteiger charge is 2.14. The van der Waals surface area contributed by atoms with Crippen molar-refractivity contribution in [1.82, 2.24) is 10.2 Å². The molecule has 0 aliphatic carbocycles. The number of guanidine groups is 1. The molecule has 1 aliphatic heterocycles. The van der Waals surface area contributed by atoms with E-state index in [0.29, 0.717) is 5.96 Å². The highest BCUT2D eigenvalue weighted by Crippen LogP contribution is 2.18. The van der Waals surface area contributed by atoms with Gasteiger partial charge in [-0.2, -0.15) is 0 Å². The van der Waals surface area contributed by atoms with Gasteiger partial charge >= 0.3 is 0 Å². The number of nitrogens with zero attached hydrogens (tertiary/aromatic N) is 2. The van der Waals surface area contributed by atoms with Crippen molar-refractivity contribution in [2.24, 2.45) is 10.7 Å². The van der Waals surface area contributed by atoms with Gasteiger partial charge in [-0.3, -0.25) is 9.89 Å². The predicted octanol–water partition coefficient (Wildman–Crippen LogP) is 2.76. The van der Waals surface area contributed by atoms with Gasteiger partial charge in [0.2, 0.25) is 0 Å². The lowest BCUT2D eigenvalue weighted by molar-refractivity contribution is 0.252. The van der Waals surface area contributed by atoms with E-state index in [-0.39, 0.29) is 29.5 Å². The zero-order valence-electron chi connectivity index (χ0n) is 13.9. The van der Waals surface area contributed by atoms with Crippen LogP contribution in [-0.4, -0.2) is 36.0 Å². The van der Waals surface area contributed by atoms with Crippen LogP contribution in [0.4, 0.5) is 0 Å². The van der Waals surface area contributed by atoms with Crippen LogP contribution in [-0.2, 0) is 13.0 Å². The first-order chi connectivity index (χ1) is 9.94. The molecule has 0 saturated carbocycles. The Balaban J connectivity index is 0.00000242. The van der Waals surface area contributed by atoms with E-state index < -0.39 is 0 Å². The molecule has 0 bridgehead atoms. The molecule has 0 spiro atoms. The standard InChI is InChI=1S/C17H28N4.HI/c1-17(2,3)20-16(18)19-10-6-11-21-12-9-14-7-4-5-8-15(14)13-21;/h4-5,7-8H,6,9-13H2,1-3H3,(H3,18,19,20);1H. The number of hydrogen-bond acceptors (Lipinski definition) is 2.